The molecule has 156 valence electrons. The summed E-state index contributed by atoms with van der Waals surface area (Å²) in [7, 11) is 0. The van der Waals surface area contributed by atoms with E-state index in [1.54, 1.807) is 18.2 Å². The maximum Gasteiger partial charge on any atom is 0.274 e. The number of carbonyl (C=O) groups excluding carboxylic acids is 2. The Hall–Kier alpha value is -3.48. The molecular formula is C23H24FN3O3. The molecule has 1 unspecified atom stereocenters. The normalized spacial score (nSPS) is 11.9. The second-order valence-corrected chi connectivity index (χ2v) is 7.48. The molecule has 0 saturated carbocycles. The third-order valence-electron chi connectivity index (χ3n) is 4.69. The van der Waals surface area contributed by atoms with Gasteiger partial charge >= 0.3 is 0 Å². The Morgan fingerprint density at radius 1 is 1.07 bits per heavy atom. The minimum absolute atomic E-state index is 0.0996. The maximum atomic E-state index is 13.0. The lowest BCUT2D eigenvalue weighted by Gasteiger charge is -2.21. The Kier molecular flexibility index (Phi) is 6.61. The first-order chi connectivity index (χ1) is 14.3. The molecule has 1 heterocycles. The number of nitrogens with zero attached hydrogens (tertiary/aromatic N) is 1. The van der Waals surface area contributed by atoms with Crippen LogP contribution in [0.15, 0.2) is 59.1 Å². The topological polar surface area (TPSA) is 84.2 Å². The van der Waals surface area contributed by atoms with Crippen LogP contribution in [0.25, 0.3) is 11.3 Å². The standard InChI is InChI=1S/C23H24FN3O3/c1-14(2)21(23(29)25-13-16-6-10-18(24)11-7-16)26-22(28)19-12-20(30-27-19)17-8-4-15(3)5-9-17/h4-12,14,21H,13H2,1-3H3,(H,25,29)(H,26,28). The summed E-state index contributed by atoms with van der Waals surface area (Å²) in [6.07, 6.45) is 0. The van der Waals surface area contributed by atoms with Crippen LogP contribution in [0.4, 0.5) is 4.39 Å². The molecule has 3 rings (SSSR count). The highest BCUT2D eigenvalue weighted by Gasteiger charge is 2.26. The average Bonchev–Trinajstić information content (AvgIpc) is 3.22. The van der Waals surface area contributed by atoms with Crippen molar-refractivity contribution in [2.75, 3.05) is 0 Å². The fraction of sp³-hybridized carbons (Fsp3) is 0.261. The monoisotopic (exact) mass is 409 g/mol. The van der Waals surface area contributed by atoms with E-state index in [0.29, 0.717) is 5.76 Å². The third kappa shape index (κ3) is 5.31. The Bertz CT molecular complexity index is 1010. The summed E-state index contributed by atoms with van der Waals surface area (Å²) in [4.78, 5) is 25.2. The van der Waals surface area contributed by atoms with Crippen LogP contribution in [0.3, 0.4) is 0 Å². The summed E-state index contributed by atoms with van der Waals surface area (Å²) in [5, 5.41) is 9.33. The molecule has 0 aliphatic carbocycles. The van der Waals surface area contributed by atoms with E-state index in [9.17, 15) is 14.0 Å². The largest absolute Gasteiger partial charge is 0.355 e. The van der Waals surface area contributed by atoms with Crippen LogP contribution in [0.2, 0.25) is 0 Å². The zero-order valence-corrected chi connectivity index (χ0v) is 17.1. The van der Waals surface area contributed by atoms with Crippen molar-refractivity contribution >= 4 is 11.8 Å². The van der Waals surface area contributed by atoms with Crippen LogP contribution >= 0.6 is 0 Å². The Balaban J connectivity index is 1.64. The van der Waals surface area contributed by atoms with Crippen molar-refractivity contribution in [3.05, 3.63) is 77.2 Å². The van der Waals surface area contributed by atoms with E-state index in [1.165, 1.54) is 12.1 Å². The van der Waals surface area contributed by atoms with E-state index in [4.69, 9.17) is 4.52 Å². The molecular weight excluding hydrogens is 385 g/mol. The van der Waals surface area contributed by atoms with Crippen LogP contribution in [-0.4, -0.2) is 23.0 Å². The summed E-state index contributed by atoms with van der Waals surface area (Å²) in [5.41, 5.74) is 2.78. The van der Waals surface area contributed by atoms with Crippen molar-refractivity contribution < 1.29 is 18.5 Å². The number of amides is 2. The van der Waals surface area contributed by atoms with Gasteiger partial charge in [0.1, 0.15) is 11.9 Å². The number of hydrogen-bond acceptors (Lipinski definition) is 4. The number of halogens is 1. The van der Waals surface area contributed by atoms with Gasteiger partial charge in [0.15, 0.2) is 11.5 Å². The highest BCUT2D eigenvalue weighted by atomic mass is 19.1. The van der Waals surface area contributed by atoms with Crippen molar-refractivity contribution in [2.45, 2.75) is 33.4 Å². The molecule has 2 aromatic carbocycles. The van der Waals surface area contributed by atoms with E-state index in [-0.39, 0.29) is 29.9 Å². The summed E-state index contributed by atoms with van der Waals surface area (Å²) >= 11 is 0. The first kappa shape index (κ1) is 21.2. The zero-order chi connectivity index (χ0) is 21.7. The SMILES string of the molecule is Cc1ccc(-c2cc(C(=O)NC(C(=O)NCc3ccc(F)cc3)C(C)C)no2)cc1. The molecule has 1 aromatic heterocycles. The number of aryl methyl sites for hydroxylation is 1. The van der Waals surface area contributed by atoms with Gasteiger partial charge in [0.05, 0.1) is 0 Å². The lowest BCUT2D eigenvalue weighted by atomic mass is 10.0. The van der Waals surface area contributed by atoms with Gasteiger partial charge in [-0.15, -0.1) is 0 Å². The molecule has 0 spiro atoms. The number of aromatic nitrogens is 1. The second kappa shape index (κ2) is 9.35. The van der Waals surface area contributed by atoms with Crippen LogP contribution < -0.4 is 10.6 Å². The quantitative estimate of drug-likeness (QED) is 0.621. The van der Waals surface area contributed by atoms with E-state index in [1.807, 2.05) is 45.0 Å². The maximum absolute atomic E-state index is 13.0. The fourth-order valence-electron chi connectivity index (χ4n) is 2.89. The van der Waals surface area contributed by atoms with Crippen molar-refractivity contribution in [2.24, 2.45) is 5.92 Å². The van der Waals surface area contributed by atoms with E-state index in [2.05, 4.69) is 15.8 Å². The van der Waals surface area contributed by atoms with Gasteiger partial charge in [-0.2, -0.15) is 0 Å². The lowest BCUT2D eigenvalue weighted by Crippen LogP contribution is -2.49. The average molecular weight is 409 g/mol. The summed E-state index contributed by atoms with van der Waals surface area (Å²) in [6.45, 7) is 5.89. The minimum Gasteiger partial charge on any atom is -0.355 e. The van der Waals surface area contributed by atoms with Crippen LogP contribution in [0.5, 0.6) is 0 Å². The number of benzene rings is 2. The van der Waals surface area contributed by atoms with E-state index < -0.39 is 11.9 Å². The van der Waals surface area contributed by atoms with Gasteiger partial charge in [-0.25, -0.2) is 4.39 Å². The molecule has 0 radical (unpaired) electrons. The highest BCUT2D eigenvalue weighted by molar-refractivity contribution is 5.96. The van der Waals surface area contributed by atoms with Gasteiger partial charge in [-0.3, -0.25) is 9.59 Å². The van der Waals surface area contributed by atoms with Crippen molar-refractivity contribution in [3.8, 4) is 11.3 Å². The van der Waals surface area contributed by atoms with Crippen molar-refractivity contribution in [1.29, 1.82) is 0 Å². The molecule has 3 aromatic rings. The predicted octanol–water partition coefficient (Wildman–Crippen LogP) is 3.86. The predicted molar refractivity (Wildman–Crippen MR) is 111 cm³/mol. The first-order valence-corrected chi connectivity index (χ1v) is 9.70. The first-order valence-electron chi connectivity index (χ1n) is 9.70. The van der Waals surface area contributed by atoms with Crippen molar-refractivity contribution in [1.82, 2.24) is 15.8 Å². The van der Waals surface area contributed by atoms with Gasteiger partial charge in [-0.05, 0) is 30.5 Å². The van der Waals surface area contributed by atoms with E-state index >= 15 is 0 Å². The number of hydrogen-bond donors (Lipinski definition) is 2. The molecule has 2 N–H and O–H groups in total. The van der Waals surface area contributed by atoms with E-state index in [0.717, 1.165) is 16.7 Å². The van der Waals surface area contributed by atoms with Gasteiger partial charge in [0, 0.05) is 18.2 Å². The second-order valence-electron chi connectivity index (χ2n) is 7.48. The van der Waals surface area contributed by atoms with Crippen molar-refractivity contribution in [3.63, 3.8) is 0 Å². The molecule has 0 bridgehead atoms. The minimum atomic E-state index is -0.752. The molecule has 30 heavy (non-hydrogen) atoms. The molecule has 0 fully saturated rings. The number of carbonyl (C=O) groups is 2. The van der Waals surface area contributed by atoms with Gasteiger partial charge in [0.25, 0.3) is 5.91 Å². The van der Waals surface area contributed by atoms with Gasteiger partial charge < -0.3 is 15.2 Å². The molecule has 2 amide bonds. The third-order valence-corrected chi connectivity index (χ3v) is 4.69. The van der Waals surface area contributed by atoms with Crippen LogP contribution in [-0.2, 0) is 11.3 Å². The van der Waals surface area contributed by atoms with Gasteiger partial charge in [0.2, 0.25) is 5.91 Å². The van der Waals surface area contributed by atoms with Crippen LogP contribution in [0.1, 0.15) is 35.5 Å². The summed E-state index contributed by atoms with van der Waals surface area (Å²) in [5.74, 6) is -0.833. The smallest absolute Gasteiger partial charge is 0.274 e. The molecule has 7 heteroatoms. The lowest BCUT2D eigenvalue weighted by molar-refractivity contribution is -0.124. The number of rotatable bonds is 7. The molecule has 0 aliphatic heterocycles. The summed E-state index contributed by atoms with van der Waals surface area (Å²) in [6, 6.07) is 14.3. The fourth-order valence-corrected chi connectivity index (χ4v) is 2.89. The van der Waals surface area contributed by atoms with Gasteiger partial charge in [-0.1, -0.05) is 61.0 Å². The molecule has 0 saturated heterocycles. The molecule has 1 atom stereocenters. The summed E-state index contributed by atoms with van der Waals surface area (Å²) < 4.78 is 18.3. The Morgan fingerprint density at radius 2 is 1.73 bits per heavy atom. The number of nitrogens with one attached hydrogen (secondary N) is 2. The Morgan fingerprint density at radius 3 is 2.37 bits per heavy atom. The highest BCUT2D eigenvalue weighted by Crippen LogP contribution is 2.21. The zero-order valence-electron chi connectivity index (χ0n) is 17.1. The molecule has 6 nitrogen and oxygen atoms in total. The van der Waals surface area contributed by atoms with Crippen LogP contribution in [0, 0.1) is 18.7 Å². The molecule has 0 aliphatic rings. The Labute approximate surface area is 174 Å².